The van der Waals surface area contributed by atoms with Crippen LogP contribution in [0.5, 0.6) is 0 Å². The Bertz CT molecular complexity index is 200. The van der Waals surface area contributed by atoms with Gasteiger partial charge < -0.3 is 0 Å². The summed E-state index contributed by atoms with van der Waals surface area (Å²) < 4.78 is 0. The predicted molar refractivity (Wildman–Crippen MR) is 68.1 cm³/mol. The maximum Gasteiger partial charge on any atom is 0.0125 e. The molecule has 0 aromatic rings. The molecule has 1 fully saturated rings. The number of rotatable bonds is 3. The van der Waals surface area contributed by atoms with Crippen LogP contribution in [-0.2, 0) is 0 Å². The Balaban J connectivity index is 2.56. The lowest BCUT2D eigenvalue weighted by molar-refractivity contribution is 0.137. The summed E-state index contributed by atoms with van der Waals surface area (Å²) in [7, 11) is 0. The Morgan fingerprint density at radius 3 is 2.13 bits per heavy atom. The summed E-state index contributed by atoms with van der Waals surface area (Å²) in [5, 5.41) is 0. The predicted octanol–water partition coefficient (Wildman–Crippen LogP) is 3.93. The fourth-order valence-electron chi connectivity index (χ4n) is 2.86. The average Bonchev–Trinajstić information content (AvgIpc) is 2.50. The van der Waals surface area contributed by atoms with Crippen molar-refractivity contribution in [2.45, 2.75) is 66.3 Å². The Morgan fingerprint density at radius 1 is 1.13 bits per heavy atom. The molecule has 0 amide bonds. The molecule has 1 rings (SSSR count). The average molecular weight is 211 g/mol. The van der Waals surface area contributed by atoms with Gasteiger partial charge >= 0.3 is 0 Å². The van der Waals surface area contributed by atoms with Crippen molar-refractivity contribution in [3.8, 4) is 0 Å². The third-order valence-corrected chi connectivity index (χ3v) is 4.14. The zero-order valence-electron chi connectivity index (χ0n) is 11.6. The topological polar surface area (TPSA) is 3.24 Å². The minimum Gasteiger partial charge on any atom is -0.298 e. The summed E-state index contributed by atoms with van der Waals surface area (Å²) in [6, 6.07) is 0. The molecule has 1 aliphatic rings. The first kappa shape index (κ1) is 13.0. The minimum absolute atomic E-state index is 0.358. The molecule has 0 N–H and O–H groups in total. The monoisotopic (exact) mass is 211 g/mol. The van der Waals surface area contributed by atoms with Crippen LogP contribution in [0.4, 0.5) is 0 Å². The lowest BCUT2D eigenvalue weighted by Crippen LogP contribution is -2.40. The maximum absolute atomic E-state index is 2.65. The van der Waals surface area contributed by atoms with Crippen molar-refractivity contribution in [2.24, 2.45) is 11.3 Å². The Labute approximate surface area is 96.2 Å². The van der Waals surface area contributed by atoms with Gasteiger partial charge in [-0.1, -0.05) is 27.2 Å². The van der Waals surface area contributed by atoms with Crippen LogP contribution in [0.15, 0.2) is 0 Å². The van der Waals surface area contributed by atoms with Crippen LogP contribution < -0.4 is 0 Å². The van der Waals surface area contributed by atoms with Crippen LogP contribution in [0.3, 0.4) is 0 Å². The molecule has 0 aromatic carbocycles. The molecule has 1 nitrogen and oxygen atoms in total. The first-order chi connectivity index (χ1) is 6.77. The second-order valence-corrected chi connectivity index (χ2v) is 6.84. The molecule has 0 spiro atoms. The summed E-state index contributed by atoms with van der Waals surface area (Å²) in [6.45, 7) is 16.8. The maximum atomic E-state index is 2.65. The van der Waals surface area contributed by atoms with Crippen LogP contribution in [-0.4, -0.2) is 23.5 Å². The molecule has 1 aliphatic heterocycles. The quantitative estimate of drug-likeness (QED) is 0.683. The summed E-state index contributed by atoms with van der Waals surface area (Å²) in [4.78, 5) is 2.65. The van der Waals surface area contributed by atoms with Gasteiger partial charge in [0.1, 0.15) is 0 Å². The van der Waals surface area contributed by atoms with Crippen molar-refractivity contribution in [3.63, 3.8) is 0 Å². The van der Waals surface area contributed by atoms with Crippen molar-refractivity contribution in [3.05, 3.63) is 0 Å². The van der Waals surface area contributed by atoms with E-state index in [0.717, 1.165) is 5.92 Å². The molecular weight excluding hydrogens is 182 g/mol. The molecule has 0 saturated carbocycles. The highest BCUT2D eigenvalue weighted by molar-refractivity contribution is 4.90. The van der Waals surface area contributed by atoms with Crippen LogP contribution in [0, 0.1) is 11.3 Å². The molecule has 1 heteroatoms. The minimum atomic E-state index is 0.358. The molecule has 0 aromatic heterocycles. The van der Waals surface area contributed by atoms with Crippen molar-refractivity contribution in [1.29, 1.82) is 0 Å². The van der Waals surface area contributed by atoms with Crippen LogP contribution >= 0.6 is 0 Å². The molecule has 1 saturated heterocycles. The second kappa shape index (κ2) is 4.45. The number of nitrogens with zero attached hydrogens (tertiary/aromatic N) is 1. The van der Waals surface area contributed by atoms with Gasteiger partial charge in [0.05, 0.1) is 0 Å². The molecule has 1 heterocycles. The van der Waals surface area contributed by atoms with E-state index < -0.39 is 0 Å². The highest BCUT2D eigenvalue weighted by atomic mass is 15.2. The first-order valence-electron chi connectivity index (χ1n) is 6.52. The van der Waals surface area contributed by atoms with E-state index in [0.29, 0.717) is 11.0 Å². The van der Waals surface area contributed by atoms with E-state index in [4.69, 9.17) is 0 Å². The SMILES string of the molecule is CCCC(C)(C)C1CCN(C(C)(C)C)C1. The van der Waals surface area contributed by atoms with Gasteiger partial charge in [0.2, 0.25) is 0 Å². The van der Waals surface area contributed by atoms with E-state index in [1.807, 2.05) is 0 Å². The van der Waals surface area contributed by atoms with Gasteiger partial charge in [0, 0.05) is 12.1 Å². The largest absolute Gasteiger partial charge is 0.298 e. The van der Waals surface area contributed by atoms with Gasteiger partial charge in [0.25, 0.3) is 0 Å². The fourth-order valence-corrected chi connectivity index (χ4v) is 2.86. The Morgan fingerprint density at radius 2 is 1.73 bits per heavy atom. The smallest absolute Gasteiger partial charge is 0.0125 e. The lowest BCUT2D eigenvalue weighted by Gasteiger charge is -2.35. The van der Waals surface area contributed by atoms with Gasteiger partial charge in [-0.15, -0.1) is 0 Å². The Kier molecular flexibility index (Phi) is 3.86. The van der Waals surface area contributed by atoms with E-state index in [1.165, 1.54) is 32.4 Å². The number of hydrogen-bond donors (Lipinski definition) is 0. The van der Waals surface area contributed by atoms with Crippen molar-refractivity contribution in [2.75, 3.05) is 13.1 Å². The molecule has 0 aliphatic carbocycles. The highest BCUT2D eigenvalue weighted by Crippen LogP contribution is 2.39. The summed E-state index contributed by atoms with van der Waals surface area (Å²) in [5.74, 6) is 0.900. The van der Waals surface area contributed by atoms with E-state index in [9.17, 15) is 0 Å². The third kappa shape index (κ3) is 3.21. The standard InChI is InChI=1S/C14H29N/c1-7-9-14(5,6)12-8-10-15(11-12)13(2,3)4/h12H,7-11H2,1-6H3. The molecule has 90 valence electrons. The number of hydrogen-bond acceptors (Lipinski definition) is 1. The number of likely N-dealkylation sites (tertiary alicyclic amines) is 1. The molecule has 15 heavy (non-hydrogen) atoms. The van der Waals surface area contributed by atoms with Gasteiger partial charge in [-0.25, -0.2) is 0 Å². The summed E-state index contributed by atoms with van der Waals surface area (Å²) in [6.07, 6.45) is 4.08. The van der Waals surface area contributed by atoms with Gasteiger partial charge in [0.15, 0.2) is 0 Å². The Hall–Kier alpha value is -0.0400. The summed E-state index contributed by atoms with van der Waals surface area (Å²) >= 11 is 0. The van der Waals surface area contributed by atoms with Gasteiger partial charge in [-0.2, -0.15) is 0 Å². The second-order valence-electron chi connectivity index (χ2n) is 6.84. The molecule has 1 unspecified atom stereocenters. The van der Waals surface area contributed by atoms with Crippen LogP contribution in [0.2, 0.25) is 0 Å². The third-order valence-electron chi connectivity index (χ3n) is 4.14. The van der Waals surface area contributed by atoms with E-state index in [-0.39, 0.29) is 0 Å². The van der Waals surface area contributed by atoms with E-state index >= 15 is 0 Å². The van der Waals surface area contributed by atoms with Crippen LogP contribution in [0.25, 0.3) is 0 Å². The summed E-state index contributed by atoms with van der Waals surface area (Å²) in [5.41, 5.74) is 0.895. The fraction of sp³-hybridized carbons (Fsp3) is 1.00. The van der Waals surface area contributed by atoms with Crippen molar-refractivity contribution < 1.29 is 0 Å². The molecule has 0 radical (unpaired) electrons. The highest BCUT2D eigenvalue weighted by Gasteiger charge is 2.37. The normalized spacial score (nSPS) is 24.8. The zero-order chi connectivity index (χ0) is 11.7. The van der Waals surface area contributed by atoms with Crippen molar-refractivity contribution >= 4 is 0 Å². The first-order valence-corrected chi connectivity index (χ1v) is 6.52. The molecular formula is C14H29N. The molecule has 0 bridgehead atoms. The van der Waals surface area contributed by atoms with Gasteiger partial charge in [-0.05, 0) is 51.5 Å². The van der Waals surface area contributed by atoms with Crippen LogP contribution in [0.1, 0.15) is 60.8 Å². The lowest BCUT2D eigenvalue weighted by atomic mass is 9.75. The van der Waals surface area contributed by atoms with E-state index in [1.54, 1.807) is 0 Å². The zero-order valence-corrected chi connectivity index (χ0v) is 11.6. The van der Waals surface area contributed by atoms with Gasteiger partial charge in [-0.3, -0.25) is 4.90 Å². The van der Waals surface area contributed by atoms with Crippen molar-refractivity contribution in [1.82, 2.24) is 4.90 Å². The van der Waals surface area contributed by atoms with E-state index in [2.05, 4.69) is 46.4 Å². The molecule has 1 atom stereocenters.